The third-order valence-corrected chi connectivity index (χ3v) is 10.2. The Morgan fingerprint density at radius 3 is 2.11 bits per heavy atom. The van der Waals surface area contributed by atoms with Crippen molar-refractivity contribution >= 4 is 72.3 Å². The number of nitrogens with one attached hydrogen (secondary N) is 1. The minimum Gasteiger partial charge on any atom is -0.452 e. The molecule has 0 spiro atoms. The lowest BCUT2D eigenvalue weighted by atomic mass is 9.88. The molecule has 1 aliphatic rings. The zero-order valence-corrected chi connectivity index (χ0v) is 29.3. The van der Waals surface area contributed by atoms with Crippen LogP contribution in [0.15, 0.2) is 175 Å². The monoisotopic (exact) mass is 684 g/mol. The molecule has 2 aromatic heterocycles. The van der Waals surface area contributed by atoms with E-state index in [0.717, 1.165) is 27.8 Å². The highest BCUT2D eigenvalue weighted by Gasteiger charge is 2.21. The Balaban J connectivity index is 0.000000174. The van der Waals surface area contributed by atoms with Gasteiger partial charge in [0.15, 0.2) is 5.76 Å². The molecule has 7 aromatic carbocycles. The maximum absolute atomic E-state index is 8.17. The standard InChI is InChI=1S/C33H24N2.C15H12N2O/c1-22-25-18-16-23-17-19-29-27-13-7-9-15-31(27)35(24-10-4-3-5-11-24)33(29)32(23)28(25)20-21-34(2)30-14-8-6-12-26(22)30;16-13(10-6-2-1-3-7-10)15-14(17)11-8-4-5-9-12(11)18-15/h3-21H,1H2,2H3;1-9,16H,17H2/b21-20-;. The third-order valence-electron chi connectivity index (χ3n) is 10.2. The summed E-state index contributed by atoms with van der Waals surface area (Å²) in [5.74, 6) is 0.433. The Morgan fingerprint density at radius 1 is 0.660 bits per heavy atom. The van der Waals surface area contributed by atoms with Gasteiger partial charge in [0.2, 0.25) is 0 Å². The molecule has 5 nitrogen and oxygen atoms in total. The van der Waals surface area contributed by atoms with Gasteiger partial charge in [0.25, 0.3) is 0 Å². The first-order valence-electron chi connectivity index (χ1n) is 17.6. The van der Waals surface area contributed by atoms with Gasteiger partial charge in [-0.3, -0.25) is 5.41 Å². The molecule has 10 rings (SSSR count). The van der Waals surface area contributed by atoms with E-state index in [9.17, 15) is 0 Å². The topological polar surface area (TPSA) is 71.2 Å². The van der Waals surface area contributed by atoms with Crippen LogP contribution >= 0.6 is 0 Å². The molecule has 0 atom stereocenters. The highest BCUT2D eigenvalue weighted by atomic mass is 16.3. The fourth-order valence-electron chi connectivity index (χ4n) is 7.61. The zero-order chi connectivity index (χ0) is 36.1. The molecule has 5 heteroatoms. The van der Waals surface area contributed by atoms with Crippen molar-refractivity contribution in [2.24, 2.45) is 0 Å². The number of nitrogen functional groups attached to an aromatic ring is 1. The largest absolute Gasteiger partial charge is 0.452 e. The normalized spacial score (nSPS) is 12.9. The van der Waals surface area contributed by atoms with Crippen LogP contribution in [0.1, 0.15) is 28.0 Å². The first-order chi connectivity index (χ1) is 26.0. The van der Waals surface area contributed by atoms with Gasteiger partial charge in [-0.15, -0.1) is 0 Å². The molecule has 1 aliphatic heterocycles. The Morgan fingerprint density at radius 2 is 1.32 bits per heavy atom. The molecule has 0 saturated carbocycles. The van der Waals surface area contributed by atoms with Gasteiger partial charge < -0.3 is 19.6 Å². The van der Waals surface area contributed by atoms with Crippen LogP contribution in [0.25, 0.3) is 60.9 Å². The van der Waals surface area contributed by atoms with E-state index in [1.165, 1.54) is 49.4 Å². The predicted molar refractivity (Wildman–Crippen MR) is 223 cm³/mol. The van der Waals surface area contributed by atoms with Crippen molar-refractivity contribution < 1.29 is 4.42 Å². The summed E-state index contributed by atoms with van der Waals surface area (Å²) in [5, 5.41) is 14.0. The SMILES string of the molecule is C=C1c2ccccc2N(C)/C=C\c2c1ccc1ccc3c4ccccc4n(-c4ccccc4)c3c21.N=C(c1ccccc1)c1oc2ccccc2c1N. The van der Waals surface area contributed by atoms with Gasteiger partial charge in [0.05, 0.1) is 16.7 Å². The fraction of sp³-hybridized carbons (Fsp3) is 0.0208. The molecule has 254 valence electrons. The molecular formula is C48H36N4O. The Kier molecular flexibility index (Phi) is 7.75. The molecule has 0 radical (unpaired) electrons. The summed E-state index contributed by atoms with van der Waals surface area (Å²) in [5.41, 5.74) is 17.8. The van der Waals surface area contributed by atoms with E-state index >= 15 is 0 Å². The molecule has 0 aliphatic carbocycles. The second kappa shape index (κ2) is 12.9. The van der Waals surface area contributed by atoms with E-state index in [4.69, 9.17) is 15.6 Å². The van der Waals surface area contributed by atoms with Gasteiger partial charge in [-0.05, 0) is 64.6 Å². The first-order valence-corrected chi connectivity index (χ1v) is 17.6. The number of hydrogen-bond acceptors (Lipinski definition) is 4. The Labute approximate surface area is 307 Å². The van der Waals surface area contributed by atoms with Crippen LogP contribution in [0.2, 0.25) is 0 Å². The number of hydrogen-bond donors (Lipinski definition) is 2. The minimum atomic E-state index is 0.310. The molecule has 9 aromatic rings. The van der Waals surface area contributed by atoms with Crippen LogP contribution < -0.4 is 10.6 Å². The number of benzene rings is 7. The van der Waals surface area contributed by atoms with E-state index < -0.39 is 0 Å². The Bertz CT molecular complexity index is 2900. The van der Waals surface area contributed by atoms with E-state index in [1.54, 1.807) is 0 Å². The summed E-state index contributed by atoms with van der Waals surface area (Å²) in [4.78, 5) is 2.19. The second-order valence-electron chi connectivity index (χ2n) is 13.3. The van der Waals surface area contributed by atoms with E-state index in [0.29, 0.717) is 22.7 Å². The molecule has 0 bridgehead atoms. The Hall–Kier alpha value is -7.11. The number of fused-ring (bicyclic) bond motifs is 9. The zero-order valence-electron chi connectivity index (χ0n) is 29.3. The van der Waals surface area contributed by atoms with Crippen LogP contribution in [0.4, 0.5) is 11.4 Å². The van der Waals surface area contributed by atoms with Gasteiger partial charge in [-0.25, -0.2) is 0 Å². The second-order valence-corrected chi connectivity index (χ2v) is 13.3. The van der Waals surface area contributed by atoms with Crippen molar-refractivity contribution in [1.29, 1.82) is 5.41 Å². The first kappa shape index (κ1) is 31.8. The summed E-state index contributed by atoms with van der Waals surface area (Å²) in [7, 11) is 2.11. The van der Waals surface area contributed by atoms with Crippen molar-refractivity contribution in [1.82, 2.24) is 4.57 Å². The lowest BCUT2D eigenvalue weighted by Crippen LogP contribution is -2.12. The fourth-order valence-corrected chi connectivity index (χ4v) is 7.61. The average molecular weight is 685 g/mol. The van der Waals surface area contributed by atoms with Crippen molar-refractivity contribution in [2.45, 2.75) is 0 Å². The molecule has 3 heterocycles. The number of nitrogens with zero attached hydrogens (tertiary/aromatic N) is 2. The molecule has 0 amide bonds. The molecular weight excluding hydrogens is 649 g/mol. The van der Waals surface area contributed by atoms with Gasteiger partial charge in [0, 0.05) is 57.3 Å². The number of anilines is 2. The maximum Gasteiger partial charge on any atom is 0.176 e. The van der Waals surface area contributed by atoms with Crippen molar-refractivity contribution in [2.75, 3.05) is 17.7 Å². The van der Waals surface area contributed by atoms with Crippen LogP contribution in [0.5, 0.6) is 0 Å². The number of rotatable bonds is 3. The number of para-hydroxylation sites is 4. The van der Waals surface area contributed by atoms with Crippen molar-refractivity contribution in [3.8, 4) is 5.69 Å². The van der Waals surface area contributed by atoms with Crippen molar-refractivity contribution in [3.05, 3.63) is 199 Å². The predicted octanol–water partition coefficient (Wildman–Crippen LogP) is 11.9. The highest BCUT2D eigenvalue weighted by molar-refractivity contribution is 6.21. The molecule has 3 N–H and O–H groups in total. The van der Waals surface area contributed by atoms with E-state index in [-0.39, 0.29) is 0 Å². The van der Waals surface area contributed by atoms with Crippen LogP contribution in [-0.4, -0.2) is 17.3 Å². The van der Waals surface area contributed by atoms with Crippen molar-refractivity contribution in [3.63, 3.8) is 0 Å². The molecule has 0 fully saturated rings. The number of furan rings is 1. The van der Waals surface area contributed by atoms with E-state index in [1.807, 2.05) is 54.6 Å². The molecule has 0 saturated heterocycles. The minimum absolute atomic E-state index is 0.310. The smallest absolute Gasteiger partial charge is 0.176 e. The summed E-state index contributed by atoms with van der Waals surface area (Å²) < 4.78 is 8.08. The number of nitrogens with two attached hydrogens (primary N) is 1. The van der Waals surface area contributed by atoms with Gasteiger partial charge in [-0.1, -0.05) is 128 Å². The summed E-state index contributed by atoms with van der Waals surface area (Å²) >= 11 is 0. The highest BCUT2D eigenvalue weighted by Crippen LogP contribution is 2.42. The third kappa shape index (κ3) is 5.29. The lowest BCUT2D eigenvalue weighted by Gasteiger charge is -2.24. The quantitative estimate of drug-likeness (QED) is 0.182. The lowest BCUT2D eigenvalue weighted by molar-refractivity contribution is 0.606. The summed E-state index contributed by atoms with van der Waals surface area (Å²) in [6.45, 7) is 4.58. The molecule has 53 heavy (non-hydrogen) atoms. The van der Waals surface area contributed by atoms with Crippen LogP contribution in [-0.2, 0) is 0 Å². The van der Waals surface area contributed by atoms with Gasteiger partial charge >= 0.3 is 0 Å². The molecule has 0 unspecified atom stereocenters. The van der Waals surface area contributed by atoms with Crippen LogP contribution in [0, 0.1) is 5.41 Å². The number of aromatic nitrogens is 1. The average Bonchev–Trinajstić information content (AvgIpc) is 3.74. The van der Waals surface area contributed by atoms with Gasteiger partial charge in [0.1, 0.15) is 11.3 Å². The summed E-state index contributed by atoms with van der Waals surface area (Å²) in [6.07, 6.45) is 4.43. The van der Waals surface area contributed by atoms with Crippen LogP contribution in [0.3, 0.4) is 0 Å². The summed E-state index contributed by atoms with van der Waals surface area (Å²) in [6, 6.07) is 53.9. The maximum atomic E-state index is 8.17. The van der Waals surface area contributed by atoms with Gasteiger partial charge in [-0.2, -0.15) is 0 Å². The van der Waals surface area contributed by atoms with E-state index in [2.05, 4.69) is 138 Å².